The Balaban J connectivity index is 2.75. The minimum atomic E-state index is -0.839. The molecule has 0 saturated carbocycles. The van der Waals surface area contributed by atoms with Gasteiger partial charge in [0.05, 0.1) is 13.7 Å². The fraction of sp³-hybridized carbons (Fsp3) is 0.333. The van der Waals surface area contributed by atoms with Gasteiger partial charge in [-0.2, -0.15) is 0 Å². The van der Waals surface area contributed by atoms with Gasteiger partial charge in [0.25, 0.3) is 5.91 Å². The number of ether oxygens (including phenoxy) is 2. The number of carbonyl (C=O) groups is 2. The minimum absolute atomic E-state index is 0.0424. The van der Waals surface area contributed by atoms with E-state index in [0.717, 1.165) is 0 Å². The largest absolute Gasteiger partial charge is 0.467 e. The Bertz CT molecular complexity index is 434. The van der Waals surface area contributed by atoms with Gasteiger partial charge in [-0.3, -0.25) is 4.79 Å². The van der Waals surface area contributed by atoms with Crippen molar-refractivity contribution in [2.75, 3.05) is 26.6 Å². The molecule has 0 radical (unpaired) electrons. The fourth-order valence-corrected chi connectivity index (χ4v) is 1.40. The first-order valence-corrected chi connectivity index (χ1v) is 5.31. The predicted octanol–water partition coefficient (Wildman–Crippen LogP) is 0.187. The summed E-state index contributed by atoms with van der Waals surface area (Å²) in [7, 11) is 2.68. The average molecular weight is 252 g/mol. The number of anilines is 1. The second-order valence-corrected chi connectivity index (χ2v) is 3.63. The lowest BCUT2D eigenvalue weighted by molar-refractivity contribution is -0.144. The van der Waals surface area contributed by atoms with Gasteiger partial charge in [0, 0.05) is 18.4 Å². The molecule has 0 aliphatic heterocycles. The molecule has 0 aliphatic carbocycles. The number of hydrogen-bond acceptors (Lipinski definition) is 5. The van der Waals surface area contributed by atoms with Crippen LogP contribution in [0.1, 0.15) is 10.4 Å². The van der Waals surface area contributed by atoms with Crippen LogP contribution < -0.4 is 11.1 Å². The van der Waals surface area contributed by atoms with Crippen molar-refractivity contribution < 1.29 is 19.1 Å². The summed E-state index contributed by atoms with van der Waals surface area (Å²) >= 11 is 0. The molecule has 1 amide bonds. The van der Waals surface area contributed by atoms with E-state index in [2.05, 4.69) is 10.1 Å². The van der Waals surface area contributed by atoms with Gasteiger partial charge >= 0.3 is 5.97 Å². The number of amides is 1. The number of nitrogens with two attached hydrogens (primary N) is 1. The van der Waals surface area contributed by atoms with Crippen molar-refractivity contribution in [3.63, 3.8) is 0 Å². The molecule has 98 valence electrons. The van der Waals surface area contributed by atoms with Crippen molar-refractivity contribution in [2.45, 2.75) is 6.04 Å². The van der Waals surface area contributed by atoms with Crippen LogP contribution in [0.3, 0.4) is 0 Å². The lowest BCUT2D eigenvalue weighted by Gasteiger charge is -2.15. The predicted molar refractivity (Wildman–Crippen MR) is 66.0 cm³/mol. The van der Waals surface area contributed by atoms with Gasteiger partial charge in [-0.15, -0.1) is 0 Å². The Morgan fingerprint density at radius 1 is 1.39 bits per heavy atom. The number of carbonyl (C=O) groups excluding carboxylic acids is 2. The van der Waals surface area contributed by atoms with E-state index in [-0.39, 0.29) is 6.61 Å². The van der Waals surface area contributed by atoms with Crippen LogP contribution in [0.25, 0.3) is 0 Å². The molecule has 6 heteroatoms. The molecule has 0 saturated heterocycles. The maximum Gasteiger partial charge on any atom is 0.330 e. The molecule has 0 fully saturated rings. The van der Waals surface area contributed by atoms with Crippen molar-refractivity contribution in [1.29, 1.82) is 0 Å². The number of esters is 1. The van der Waals surface area contributed by atoms with Crippen LogP contribution in [0, 0.1) is 0 Å². The number of rotatable bonds is 5. The maximum atomic E-state index is 11.9. The summed E-state index contributed by atoms with van der Waals surface area (Å²) in [5.41, 5.74) is 6.43. The molecule has 0 unspecified atom stereocenters. The Hall–Kier alpha value is -2.08. The van der Waals surface area contributed by atoms with Crippen molar-refractivity contribution in [3.05, 3.63) is 29.8 Å². The minimum Gasteiger partial charge on any atom is -0.467 e. The van der Waals surface area contributed by atoms with Gasteiger partial charge in [-0.1, -0.05) is 6.07 Å². The van der Waals surface area contributed by atoms with Gasteiger partial charge in [0.15, 0.2) is 6.04 Å². The third-order valence-corrected chi connectivity index (χ3v) is 2.27. The second-order valence-electron chi connectivity index (χ2n) is 3.63. The monoisotopic (exact) mass is 252 g/mol. The van der Waals surface area contributed by atoms with E-state index in [1.54, 1.807) is 18.2 Å². The highest BCUT2D eigenvalue weighted by molar-refractivity contribution is 5.97. The highest BCUT2D eigenvalue weighted by Crippen LogP contribution is 2.06. The summed E-state index contributed by atoms with van der Waals surface area (Å²) in [6.45, 7) is 0.0424. The van der Waals surface area contributed by atoms with Crippen LogP contribution in [0.4, 0.5) is 5.69 Å². The molecule has 0 aliphatic rings. The summed E-state index contributed by atoms with van der Waals surface area (Å²) < 4.78 is 9.41. The molecular weight excluding hydrogens is 236 g/mol. The summed E-state index contributed by atoms with van der Waals surface area (Å²) in [5, 5.41) is 2.52. The normalized spacial score (nSPS) is 11.7. The lowest BCUT2D eigenvalue weighted by atomic mass is 10.2. The summed E-state index contributed by atoms with van der Waals surface area (Å²) in [6.07, 6.45) is 0. The highest BCUT2D eigenvalue weighted by Gasteiger charge is 2.21. The van der Waals surface area contributed by atoms with Crippen LogP contribution in [0.15, 0.2) is 24.3 Å². The van der Waals surface area contributed by atoms with E-state index in [9.17, 15) is 9.59 Å². The molecule has 1 atom stereocenters. The lowest BCUT2D eigenvalue weighted by Crippen LogP contribution is -2.44. The highest BCUT2D eigenvalue weighted by atomic mass is 16.5. The molecule has 0 heterocycles. The third-order valence-electron chi connectivity index (χ3n) is 2.27. The molecule has 1 rings (SSSR count). The molecule has 1 aromatic rings. The second kappa shape index (κ2) is 6.61. The summed E-state index contributed by atoms with van der Waals surface area (Å²) in [6, 6.07) is 5.62. The molecule has 3 N–H and O–H groups in total. The summed E-state index contributed by atoms with van der Waals surface area (Å²) in [5.74, 6) is -0.969. The zero-order valence-electron chi connectivity index (χ0n) is 10.3. The molecule has 18 heavy (non-hydrogen) atoms. The van der Waals surface area contributed by atoms with E-state index in [4.69, 9.17) is 10.5 Å². The van der Waals surface area contributed by atoms with Crippen molar-refractivity contribution in [3.8, 4) is 0 Å². The Kier molecular flexibility index (Phi) is 5.13. The number of nitrogens with one attached hydrogen (secondary N) is 1. The molecule has 6 nitrogen and oxygen atoms in total. The molecule has 0 aromatic heterocycles. The molecule has 0 spiro atoms. The van der Waals surface area contributed by atoms with E-state index >= 15 is 0 Å². The first-order chi connectivity index (χ1) is 8.58. The zero-order chi connectivity index (χ0) is 13.5. The number of methoxy groups -OCH3 is 2. The van der Waals surface area contributed by atoms with Crippen LogP contribution >= 0.6 is 0 Å². The van der Waals surface area contributed by atoms with Crippen LogP contribution in [0.5, 0.6) is 0 Å². The van der Waals surface area contributed by atoms with Crippen molar-refractivity contribution in [2.24, 2.45) is 0 Å². The standard InChI is InChI=1S/C12H16N2O4/c1-17-7-10(12(16)18-2)14-11(15)8-4-3-5-9(13)6-8/h3-6,10H,7,13H2,1-2H3,(H,14,15)/t10-/m0/s1. The zero-order valence-corrected chi connectivity index (χ0v) is 10.3. The Morgan fingerprint density at radius 2 is 2.11 bits per heavy atom. The van der Waals surface area contributed by atoms with Gasteiger partial charge < -0.3 is 20.5 Å². The number of nitrogen functional groups attached to an aromatic ring is 1. The van der Waals surface area contributed by atoms with Gasteiger partial charge in [0.2, 0.25) is 0 Å². The first-order valence-electron chi connectivity index (χ1n) is 5.31. The quantitative estimate of drug-likeness (QED) is 0.576. The average Bonchev–Trinajstić information content (AvgIpc) is 2.37. The molecule has 1 aromatic carbocycles. The Morgan fingerprint density at radius 3 is 2.67 bits per heavy atom. The van der Waals surface area contributed by atoms with Gasteiger partial charge in [0.1, 0.15) is 0 Å². The molecular formula is C12H16N2O4. The van der Waals surface area contributed by atoms with Crippen molar-refractivity contribution >= 4 is 17.6 Å². The SMILES string of the molecule is COC[C@H](NC(=O)c1cccc(N)c1)C(=O)OC. The van der Waals surface area contributed by atoms with Crippen molar-refractivity contribution in [1.82, 2.24) is 5.32 Å². The Labute approximate surface area is 105 Å². The molecule has 0 bridgehead atoms. The topological polar surface area (TPSA) is 90.6 Å². The van der Waals surface area contributed by atoms with E-state index in [0.29, 0.717) is 11.3 Å². The van der Waals surface area contributed by atoms with E-state index in [1.165, 1.54) is 20.3 Å². The van der Waals surface area contributed by atoms with E-state index < -0.39 is 17.9 Å². The number of benzene rings is 1. The van der Waals surface area contributed by atoms with Crippen LogP contribution in [-0.2, 0) is 14.3 Å². The van der Waals surface area contributed by atoms with Crippen LogP contribution in [-0.4, -0.2) is 38.7 Å². The number of hydrogen-bond donors (Lipinski definition) is 2. The third kappa shape index (κ3) is 3.74. The van der Waals surface area contributed by atoms with Gasteiger partial charge in [-0.25, -0.2) is 4.79 Å². The smallest absolute Gasteiger partial charge is 0.330 e. The summed E-state index contributed by atoms with van der Waals surface area (Å²) in [4.78, 5) is 23.3. The fourth-order valence-electron chi connectivity index (χ4n) is 1.40. The van der Waals surface area contributed by atoms with Gasteiger partial charge in [-0.05, 0) is 18.2 Å². The van der Waals surface area contributed by atoms with Crippen LogP contribution in [0.2, 0.25) is 0 Å². The first kappa shape index (κ1) is 14.0. The maximum absolute atomic E-state index is 11.9. The van der Waals surface area contributed by atoms with E-state index in [1.807, 2.05) is 0 Å².